The number of hydrogen-bond acceptors (Lipinski definition) is 7. The van der Waals surface area contributed by atoms with Crippen LogP contribution >= 0.6 is 11.3 Å². The number of hydrogen-bond donors (Lipinski definition) is 2. The number of nitriles is 1. The van der Waals surface area contributed by atoms with Gasteiger partial charge in [-0.15, -0.1) is 0 Å². The second kappa shape index (κ2) is 8.74. The van der Waals surface area contributed by atoms with Crippen molar-refractivity contribution in [1.82, 2.24) is 15.3 Å². The number of amides is 1. The average Bonchev–Trinajstić information content (AvgIpc) is 3.45. The molecule has 0 saturated carbocycles. The number of carbonyl (C=O) groups is 1. The predicted molar refractivity (Wildman–Crippen MR) is 123 cm³/mol. The molecule has 1 amide bonds. The smallest absolute Gasteiger partial charge is 0.251 e. The normalized spacial score (nSPS) is 15.5. The van der Waals surface area contributed by atoms with E-state index in [0.29, 0.717) is 21.4 Å². The highest BCUT2D eigenvalue weighted by Crippen LogP contribution is 2.37. The fourth-order valence-corrected chi connectivity index (χ4v) is 4.51. The summed E-state index contributed by atoms with van der Waals surface area (Å²) in [4.78, 5) is 24.5. The number of rotatable bonds is 5. The maximum atomic E-state index is 12.6. The Morgan fingerprint density at radius 2 is 2.06 bits per heavy atom. The van der Waals surface area contributed by atoms with Crippen molar-refractivity contribution >= 4 is 34.0 Å². The zero-order valence-corrected chi connectivity index (χ0v) is 18.6. The lowest BCUT2D eigenvalue weighted by Gasteiger charge is -2.27. The molecule has 2 aromatic heterocycles. The van der Waals surface area contributed by atoms with Gasteiger partial charge in [-0.25, -0.2) is 9.97 Å². The van der Waals surface area contributed by atoms with Crippen LogP contribution in [0, 0.1) is 25.2 Å². The summed E-state index contributed by atoms with van der Waals surface area (Å²) < 4.78 is 0. The Labute approximate surface area is 185 Å². The van der Waals surface area contributed by atoms with Crippen molar-refractivity contribution in [2.45, 2.75) is 32.7 Å². The third kappa shape index (κ3) is 4.23. The van der Waals surface area contributed by atoms with E-state index in [-0.39, 0.29) is 11.9 Å². The highest BCUT2D eigenvalue weighted by atomic mass is 32.1. The van der Waals surface area contributed by atoms with Gasteiger partial charge in [0.05, 0.1) is 12.2 Å². The molecular weight excluding hydrogens is 408 g/mol. The molecule has 31 heavy (non-hydrogen) atoms. The first-order valence-corrected chi connectivity index (χ1v) is 11.0. The fraction of sp³-hybridized carbons (Fsp3) is 0.304. The van der Waals surface area contributed by atoms with Gasteiger partial charge in [-0.05, 0) is 38.3 Å². The maximum Gasteiger partial charge on any atom is 0.251 e. The topological polar surface area (TPSA) is 93.9 Å². The Morgan fingerprint density at radius 1 is 1.29 bits per heavy atom. The molecule has 0 bridgehead atoms. The molecule has 0 radical (unpaired) electrons. The van der Waals surface area contributed by atoms with Gasteiger partial charge in [0.25, 0.3) is 5.91 Å². The van der Waals surface area contributed by atoms with Crippen LogP contribution in [0.4, 0.5) is 16.8 Å². The van der Waals surface area contributed by atoms with E-state index in [1.807, 2.05) is 13.0 Å². The summed E-state index contributed by atoms with van der Waals surface area (Å²) in [7, 11) is 1.62. The molecule has 2 N–H and O–H groups in total. The molecule has 0 spiro atoms. The van der Waals surface area contributed by atoms with Crippen LogP contribution in [0.3, 0.4) is 0 Å². The van der Waals surface area contributed by atoms with Crippen molar-refractivity contribution in [3.63, 3.8) is 0 Å². The molecule has 158 valence electrons. The molecule has 1 atom stereocenters. The van der Waals surface area contributed by atoms with Crippen LogP contribution in [-0.4, -0.2) is 29.5 Å². The Bertz CT molecular complexity index is 1150. The van der Waals surface area contributed by atoms with E-state index in [0.717, 1.165) is 30.8 Å². The van der Waals surface area contributed by atoms with Gasteiger partial charge in [0.15, 0.2) is 5.13 Å². The van der Waals surface area contributed by atoms with E-state index >= 15 is 0 Å². The van der Waals surface area contributed by atoms with E-state index < -0.39 is 0 Å². The minimum Gasteiger partial charge on any atom is -0.355 e. The lowest BCUT2D eigenvalue weighted by atomic mass is 10.0. The number of aromatic nitrogens is 2. The van der Waals surface area contributed by atoms with Gasteiger partial charge >= 0.3 is 0 Å². The second-order valence-corrected chi connectivity index (χ2v) is 8.64. The number of nitrogens with one attached hydrogen (secondary N) is 2. The van der Waals surface area contributed by atoms with Crippen molar-refractivity contribution in [3.05, 3.63) is 63.7 Å². The summed E-state index contributed by atoms with van der Waals surface area (Å²) >= 11 is 1.26. The Balaban J connectivity index is 1.74. The molecule has 1 aliphatic heterocycles. The van der Waals surface area contributed by atoms with Crippen molar-refractivity contribution < 1.29 is 4.79 Å². The molecule has 0 aliphatic carbocycles. The number of aryl methyl sites for hydroxylation is 1. The zero-order chi connectivity index (χ0) is 22.0. The minimum absolute atomic E-state index is 0.160. The molecule has 4 rings (SSSR count). The largest absolute Gasteiger partial charge is 0.355 e. The van der Waals surface area contributed by atoms with Gasteiger partial charge in [0, 0.05) is 24.7 Å². The van der Waals surface area contributed by atoms with E-state index in [9.17, 15) is 4.79 Å². The fourth-order valence-electron chi connectivity index (χ4n) is 3.90. The van der Waals surface area contributed by atoms with Crippen LogP contribution in [0.5, 0.6) is 0 Å². The second-order valence-electron chi connectivity index (χ2n) is 7.61. The first-order chi connectivity index (χ1) is 15.0. The number of pyridine rings is 1. The maximum absolute atomic E-state index is 12.6. The van der Waals surface area contributed by atoms with Gasteiger partial charge in [-0.1, -0.05) is 41.2 Å². The van der Waals surface area contributed by atoms with E-state index in [4.69, 9.17) is 10.2 Å². The van der Waals surface area contributed by atoms with Crippen LogP contribution in [0.1, 0.15) is 50.8 Å². The van der Waals surface area contributed by atoms with Crippen molar-refractivity contribution in [3.8, 4) is 6.07 Å². The van der Waals surface area contributed by atoms with Gasteiger partial charge in [-0.2, -0.15) is 5.26 Å². The van der Waals surface area contributed by atoms with E-state index in [1.54, 1.807) is 7.05 Å². The number of benzene rings is 1. The Morgan fingerprint density at radius 3 is 2.74 bits per heavy atom. The summed E-state index contributed by atoms with van der Waals surface area (Å²) in [5.74, 6) is 1.17. The Hall–Kier alpha value is -3.44. The summed E-state index contributed by atoms with van der Waals surface area (Å²) in [5, 5.41) is 15.6. The van der Waals surface area contributed by atoms with E-state index in [2.05, 4.69) is 57.8 Å². The first kappa shape index (κ1) is 20.8. The number of anilines is 3. The Kier molecular flexibility index (Phi) is 5.87. The van der Waals surface area contributed by atoms with E-state index in [1.165, 1.54) is 28.7 Å². The van der Waals surface area contributed by atoms with Gasteiger partial charge in [-0.3, -0.25) is 4.79 Å². The van der Waals surface area contributed by atoms with Crippen LogP contribution in [0.25, 0.3) is 0 Å². The van der Waals surface area contributed by atoms with Gasteiger partial charge in [0.1, 0.15) is 22.6 Å². The number of thiazole rings is 1. The van der Waals surface area contributed by atoms with Crippen molar-refractivity contribution in [2.24, 2.45) is 0 Å². The van der Waals surface area contributed by atoms with Gasteiger partial charge < -0.3 is 15.5 Å². The lowest BCUT2D eigenvalue weighted by molar-refractivity contribution is 0.0962. The highest BCUT2D eigenvalue weighted by molar-refractivity contribution is 7.16. The van der Waals surface area contributed by atoms with Crippen molar-refractivity contribution in [1.29, 1.82) is 5.26 Å². The lowest BCUT2D eigenvalue weighted by Crippen LogP contribution is -2.26. The molecule has 3 aromatic rings. The quantitative estimate of drug-likeness (QED) is 0.618. The average molecular weight is 433 g/mol. The molecule has 1 aliphatic rings. The van der Waals surface area contributed by atoms with Gasteiger partial charge in [0.2, 0.25) is 0 Å². The summed E-state index contributed by atoms with van der Waals surface area (Å²) in [6.45, 7) is 4.82. The van der Waals surface area contributed by atoms with Crippen molar-refractivity contribution in [2.75, 3.05) is 23.8 Å². The number of carbonyl (C=O) groups excluding carboxylic acids is 1. The molecule has 8 heteroatoms. The first-order valence-electron chi connectivity index (χ1n) is 10.2. The predicted octanol–water partition coefficient (Wildman–Crippen LogP) is 4.47. The third-order valence-electron chi connectivity index (χ3n) is 5.58. The summed E-state index contributed by atoms with van der Waals surface area (Å²) in [6, 6.07) is 12.8. The molecular formula is C23H24N6OS. The molecule has 1 aromatic carbocycles. The zero-order valence-electron chi connectivity index (χ0n) is 17.8. The monoisotopic (exact) mass is 432 g/mol. The standard InChI is InChI=1S/C23H24N6OS/c1-14-6-8-16(9-7-14)19-5-4-10-29(19)20-11-18(22(30)25-3)15(2)21(27-20)28-23-26-13-17(12-24)31-23/h6-9,11,13,19H,4-5,10H2,1-3H3,(H,25,30)(H,26,27,28)/t19-/m0/s1. The summed E-state index contributed by atoms with van der Waals surface area (Å²) in [6.07, 6.45) is 3.62. The molecule has 3 heterocycles. The number of nitrogens with zero attached hydrogens (tertiary/aromatic N) is 4. The summed E-state index contributed by atoms with van der Waals surface area (Å²) in [5.41, 5.74) is 3.79. The van der Waals surface area contributed by atoms with Crippen LogP contribution in [-0.2, 0) is 0 Å². The molecule has 1 saturated heterocycles. The third-order valence-corrected chi connectivity index (χ3v) is 6.40. The van der Waals surface area contributed by atoms with Crippen LogP contribution in [0.2, 0.25) is 0 Å². The van der Waals surface area contributed by atoms with Crippen LogP contribution in [0.15, 0.2) is 36.5 Å². The SMILES string of the molecule is CNC(=O)c1cc(N2CCC[C@H]2c2ccc(C)cc2)nc(Nc2ncc(C#N)s2)c1C. The highest BCUT2D eigenvalue weighted by Gasteiger charge is 2.29. The van der Waals surface area contributed by atoms with Crippen LogP contribution < -0.4 is 15.5 Å². The molecule has 0 unspecified atom stereocenters. The molecule has 1 fully saturated rings. The molecule has 7 nitrogen and oxygen atoms in total. The minimum atomic E-state index is -0.160.